The highest BCUT2D eigenvalue weighted by Crippen LogP contribution is 2.44. The standard InChI is InChI=1S/C11H6ClF3N2O/c12-9-8(10(5-16)2-7(18)3-10)1-6(4-17-9)11(13,14)15/h1,4H,2-3H2. The van der Waals surface area contributed by atoms with Gasteiger partial charge in [0.05, 0.1) is 17.0 Å². The largest absolute Gasteiger partial charge is 0.417 e. The minimum absolute atomic E-state index is 0.0268. The number of ketones is 1. The number of aromatic nitrogens is 1. The first kappa shape index (κ1) is 12.8. The van der Waals surface area contributed by atoms with Crippen LogP contribution in [0.2, 0.25) is 5.15 Å². The van der Waals surface area contributed by atoms with Gasteiger partial charge in [-0.25, -0.2) is 4.98 Å². The van der Waals surface area contributed by atoms with Gasteiger partial charge in [-0.15, -0.1) is 0 Å². The summed E-state index contributed by atoms with van der Waals surface area (Å²) in [5.41, 5.74) is -2.26. The van der Waals surface area contributed by atoms with Gasteiger partial charge in [0.1, 0.15) is 10.9 Å². The third kappa shape index (κ3) is 1.95. The molecule has 0 atom stereocenters. The smallest absolute Gasteiger partial charge is 0.300 e. The molecule has 1 aromatic heterocycles. The highest BCUT2D eigenvalue weighted by Gasteiger charge is 2.48. The summed E-state index contributed by atoms with van der Waals surface area (Å²) < 4.78 is 37.7. The lowest BCUT2D eigenvalue weighted by atomic mass is 9.65. The summed E-state index contributed by atoms with van der Waals surface area (Å²) in [7, 11) is 0. The first-order valence-electron chi connectivity index (χ1n) is 4.95. The van der Waals surface area contributed by atoms with Crippen molar-refractivity contribution in [3.63, 3.8) is 0 Å². The van der Waals surface area contributed by atoms with Crippen LogP contribution in [0, 0.1) is 11.3 Å². The molecule has 0 spiro atoms. The van der Waals surface area contributed by atoms with Gasteiger partial charge in [0.25, 0.3) is 0 Å². The Balaban J connectivity index is 2.51. The Morgan fingerprint density at radius 2 is 2.06 bits per heavy atom. The molecule has 0 N–H and O–H groups in total. The highest BCUT2D eigenvalue weighted by molar-refractivity contribution is 6.30. The van der Waals surface area contributed by atoms with Crippen LogP contribution in [-0.2, 0) is 16.4 Å². The van der Waals surface area contributed by atoms with Crippen LogP contribution in [-0.4, -0.2) is 10.8 Å². The summed E-state index contributed by atoms with van der Waals surface area (Å²) in [5, 5.41) is 8.89. The number of nitriles is 1. The molecule has 1 aliphatic rings. The summed E-state index contributed by atoms with van der Waals surface area (Å²) in [6.45, 7) is 0. The van der Waals surface area contributed by atoms with E-state index >= 15 is 0 Å². The van der Waals surface area contributed by atoms with Crippen LogP contribution in [0.4, 0.5) is 13.2 Å². The van der Waals surface area contributed by atoms with Gasteiger partial charge in [-0.2, -0.15) is 18.4 Å². The molecule has 0 amide bonds. The third-order valence-electron chi connectivity index (χ3n) is 2.89. The fraction of sp³-hybridized carbons (Fsp3) is 0.364. The van der Waals surface area contributed by atoms with Crippen LogP contribution < -0.4 is 0 Å². The fourth-order valence-corrected chi connectivity index (χ4v) is 2.17. The normalized spacial score (nSPS) is 18.1. The number of nitrogens with zero attached hydrogens (tertiary/aromatic N) is 2. The van der Waals surface area contributed by atoms with Crippen molar-refractivity contribution < 1.29 is 18.0 Å². The number of Topliss-reactive ketones (excluding diaryl/α,β-unsaturated/α-hetero) is 1. The average Bonchev–Trinajstić information content (AvgIpc) is 2.24. The number of hydrogen-bond acceptors (Lipinski definition) is 3. The number of pyridine rings is 1. The first-order valence-corrected chi connectivity index (χ1v) is 5.32. The van der Waals surface area contributed by atoms with Gasteiger partial charge in [0, 0.05) is 24.6 Å². The summed E-state index contributed by atoms with van der Waals surface area (Å²) >= 11 is 5.73. The number of rotatable bonds is 1. The van der Waals surface area contributed by atoms with Gasteiger partial charge in [-0.1, -0.05) is 11.6 Å². The van der Waals surface area contributed by atoms with Crippen LogP contribution in [0.3, 0.4) is 0 Å². The van der Waals surface area contributed by atoms with Crippen molar-refractivity contribution in [3.05, 3.63) is 28.5 Å². The van der Waals surface area contributed by atoms with Gasteiger partial charge in [0.15, 0.2) is 0 Å². The van der Waals surface area contributed by atoms with Crippen LogP contribution >= 0.6 is 11.6 Å². The molecule has 1 aliphatic carbocycles. The predicted octanol–water partition coefficient (Wildman–Crippen LogP) is 2.88. The van der Waals surface area contributed by atoms with Crippen LogP contribution in [0.5, 0.6) is 0 Å². The quantitative estimate of drug-likeness (QED) is 0.740. The Bertz CT molecular complexity index is 554. The van der Waals surface area contributed by atoms with Gasteiger partial charge in [-0.3, -0.25) is 4.79 Å². The lowest BCUT2D eigenvalue weighted by Crippen LogP contribution is -2.40. The predicted molar refractivity (Wildman–Crippen MR) is 55.8 cm³/mol. The summed E-state index contributed by atoms with van der Waals surface area (Å²) in [5.74, 6) is -0.176. The van der Waals surface area contributed by atoms with E-state index in [0.717, 1.165) is 6.07 Å². The molecule has 1 aromatic rings. The molecule has 1 heterocycles. The number of carbonyl (C=O) groups is 1. The van der Waals surface area contributed by atoms with Crippen LogP contribution in [0.15, 0.2) is 12.3 Å². The first-order chi connectivity index (χ1) is 8.28. The van der Waals surface area contributed by atoms with E-state index in [2.05, 4.69) is 4.98 Å². The summed E-state index contributed by atoms with van der Waals surface area (Å²) in [4.78, 5) is 14.5. The lowest BCUT2D eigenvalue weighted by Gasteiger charge is -2.34. The van der Waals surface area contributed by atoms with E-state index in [1.54, 1.807) is 0 Å². The van der Waals surface area contributed by atoms with Gasteiger partial charge >= 0.3 is 6.18 Å². The molecule has 1 saturated carbocycles. The van der Waals surface area contributed by atoms with E-state index in [0.29, 0.717) is 6.20 Å². The second-order valence-corrected chi connectivity index (χ2v) is 4.50. The summed E-state index contributed by atoms with van der Waals surface area (Å²) in [6, 6.07) is 2.67. The van der Waals surface area contributed by atoms with E-state index in [1.807, 2.05) is 6.07 Å². The van der Waals surface area contributed by atoms with Crippen molar-refractivity contribution in [3.8, 4) is 6.07 Å². The van der Waals surface area contributed by atoms with Crippen molar-refractivity contribution in [1.29, 1.82) is 5.26 Å². The highest BCUT2D eigenvalue weighted by atomic mass is 35.5. The number of halogens is 4. The molecule has 0 saturated heterocycles. The van der Waals surface area contributed by atoms with E-state index in [-0.39, 0.29) is 29.3 Å². The van der Waals surface area contributed by atoms with E-state index in [9.17, 15) is 18.0 Å². The molecule has 7 heteroatoms. The maximum absolute atomic E-state index is 12.6. The van der Waals surface area contributed by atoms with Crippen molar-refractivity contribution in [2.45, 2.75) is 24.4 Å². The minimum atomic E-state index is -4.56. The maximum Gasteiger partial charge on any atom is 0.417 e. The molecule has 3 nitrogen and oxygen atoms in total. The molecule has 1 fully saturated rings. The Hall–Kier alpha value is -1.61. The Morgan fingerprint density at radius 1 is 1.44 bits per heavy atom. The average molecular weight is 275 g/mol. The third-order valence-corrected chi connectivity index (χ3v) is 3.20. The zero-order chi connectivity index (χ0) is 13.6. The van der Waals surface area contributed by atoms with E-state index < -0.39 is 17.2 Å². The summed E-state index contributed by atoms with van der Waals surface area (Å²) in [6.07, 6.45) is -4.19. The fourth-order valence-electron chi connectivity index (χ4n) is 1.89. The number of carbonyl (C=O) groups excluding carboxylic acids is 1. The lowest BCUT2D eigenvalue weighted by molar-refractivity contribution is -0.137. The molecule has 0 bridgehead atoms. The second kappa shape index (κ2) is 3.95. The zero-order valence-corrected chi connectivity index (χ0v) is 9.64. The molecule has 0 radical (unpaired) electrons. The Morgan fingerprint density at radius 3 is 2.50 bits per heavy atom. The van der Waals surface area contributed by atoms with Crippen LogP contribution in [0.1, 0.15) is 24.0 Å². The molecule has 18 heavy (non-hydrogen) atoms. The zero-order valence-electron chi connectivity index (χ0n) is 8.88. The van der Waals surface area contributed by atoms with Crippen molar-refractivity contribution >= 4 is 17.4 Å². The second-order valence-electron chi connectivity index (χ2n) is 4.15. The molecule has 0 aromatic carbocycles. The van der Waals surface area contributed by atoms with Crippen LogP contribution in [0.25, 0.3) is 0 Å². The van der Waals surface area contributed by atoms with E-state index in [4.69, 9.17) is 16.9 Å². The molecular formula is C11H6ClF3N2O. The molecule has 0 unspecified atom stereocenters. The maximum atomic E-state index is 12.6. The van der Waals surface area contributed by atoms with E-state index in [1.165, 1.54) is 0 Å². The SMILES string of the molecule is N#CC1(c2cc(C(F)(F)F)cnc2Cl)CC(=O)C1. The van der Waals surface area contributed by atoms with Crippen molar-refractivity contribution in [1.82, 2.24) is 4.98 Å². The Labute approximate surface area is 105 Å². The van der Waals surface area contributed by atoms with Gasteiger partial charge < -0.3 is 0 Å². The topological polar surface area (TPSA) is 53.8 Å². The van der Waals surface area contributed by atoms with Crippen molar-refractivity contribution in [2.24, 2.45) is 0 Å². The van der Waals surface area contributed by atoms with Gasteiger partial charge in [-0.05, 0) is 6.07 Å². The number of hydrogen-bond donors (Lipinski definition) is 0. The Kier molecular flexibility index (Phi) is 2.82. The molecule has 94 valence electrons. The van der Waals surface area contributed by atoms with Crippen molar-refractivity contribution in [2.75, 3.05) is 0 Å². The number of alkyl halides is 3. The monoisotopic (exact) mass is 274 g/mol. The minimum Gasteiger partial charge on any atom is -0.300 e. The molecular weight excluding hydrogens is 269 g/mol. The molecule has 0 aliphatic heterocycles. The van der Waals surface area contributed by atoms with Gasteiger partial charge in [0.2, 0.25) is 0 Å². The molecule has 2 rings (SSSR count).